The highest BCUT2D eigenvalue weighted by Gasteiger charge is 2.32. The Kier molecular flexibility index (Phi) is 6.67. The molecule has 1 amide bonds. The molecule has 1 aliphatic heterocycles. The van der Waals surface area contributed by atoms with Crippen LogP contribution in [-0.4, -0.2) is 31.9 Å². The Balaban J connectivity index is 1.36. The normalized spacial score (nSPS) is 13.2. The Morgan fingerprint density at radius 1 is 0.921 bits per heavy atom. The standard InChI is InChI=1S/C31H30N4O3/c1-22-26(33-20-32-22)17-34-16-15-27-29(31(34)36)25-13-8-14-28(38-19-24-11-6-3-7-12-24)30(25)35(27)21-37-18-23-9-4-2-5-10-23/h2-14,20H,15-19,21H2,1H3,(H,32,33). The molecular formula is C31H30N4O3. The number of aromatic nitrogens is 3. The summed E-state index contributed by atoms with van der Waals surface area (Å²) in [6, 6.07) is 26.2. The Morgan fingerprint density at radius 2 is 1.66 bits per heavy atom. The minimum atomic E-state index is 0.0145. The number of amides is 1. The number of carbonyl (C=O) groups excluding carboxylic acids is 1. The first-order valence-electron chi connectivity index (χ1n) is 12.9. The SMILES string of the molecule is Cc1[nH]cnc1CN1CCc2c(c3cccc(OCc4ccccc4)c3n2COCc2ccccc2)C1=O. The molecule has 1 aliphatic rings. The summed E-state index contributed by atoms with van der Waals surface area (Å²) in [5, 5.41) is 0.891. The molecule has 2 aromatic heterocycles. The van der Waals surface area contributed by atoms with Crippen LogP contribution < -0.4 is 4.74 Å². The van der Waals surface area contributed by atoms with Gasteiger partial charge in [0.15, 0.2) is 0 Å². The van der Waals surface area contributed by atoms with E-state index < -0.39 is 0 Å². The molecule has 6 rings (SSSR count). The van der Waals surface area contributed by atoms with Gasteiger partial charge in [-0.2, -0.15) is 0 Å². The van der Waals surface area contributed by atoms with Crippen molar-refractivity contribution in [3.8, 4) is 5.75 Å². The maximum Gasteiger partial charge on any atom is 0.256 e. The monoisotopic (exact) mass is 506 g/mol. The number of carbonyl (C=O) groups is 1. The van der Waals surface area contributed by atoms with Crippen molar-refractivity contribution in [2.24, 2.45) is 0 Å². The first-order valence-corrected chi connectivity index (χ1v) is 12.9. The molecule has 0 spiro atoms. The zero-order chi connectivity index (χ0) is 25.9. The number of hydrogen-bond acceptors (Lipinski definition) is 4. The van der Waals surface area contributed by atoms with E-state index in [1.54, 1.807) is 6.33 Å². The predicted octanol–water partition coefficient (Wildman–Crippen LogP) is 5.62. The van der Waals surface area contributed by atoms with Crippen LogP contribution in [0, 0.1) is 6.92 Å². The summed E-state index contributed by atoms with van der Waals surface area (Å²) in [5.74, 6) is 0.757. The number of nitrogens with zero attached hydrogens (tertiary/aromatic N) is 3. The predicted molar refractivity (Wildman–Crippen MR) is 146 cm³/mol. The number of imidazole rings is 1. The van der Waals surface area contributed by atoms with Gasteiger partial charge >= 0.3 is 0 Å². The van der Waals surface area contributed by atoms with Gasteiger partial charge in [0.2, 0.25) is 0 Å². The third kappa shape index (κ3) is 4.68. The van der Waals surface area contributed by atoms with Crippen molar-refractivity contribution in [2.75, 3.05) is 6.54 Å². The molecule has 0 fully saturated rings. The van der Waals surface area contributed by atoms with Crippen LogP contribution in [0.4, 0.5) is 0 Å². The fraction of sp³-hybridized carbons (Fsp3) is 0.226. The minimum Gasteiger partial charge on any atom is -0.487 e. The van der Waals surface area contributed by atoms with Gasteiger partial charge in [0, 0.05) is 29.7 Å². The molecular weight excluding hydrogens is 476 g/mol. The van der Waals surface area contributed by atoms with E-state index in [1.807, 2.05) is 78.6 Å². The number of benzene rings is 3. The maximum absolute atomic E-state index is 13.9. The van der Waals surface area contributed by atoms with Crippen molar-refractivity contribution in [1.29, 1.82) is 0 Å². The summed E-state index contributed by atoms with van der Waals surface area (Å²) < 4.78 is 14.7. The van der Waals surface area contributed by atoms with Crippen molar-refractivity contribution in [3.63, 3.8) is 0 Å². The fourth-order valence-electron chi connectivity index (χ4n) is 5.13. The number of aromatic amines is 1. The first-order chi connectivity index (χ1) is 18.7. The number of ether oxygens (including phenoxy) is 2. The molecule has 3 aromatic carbocycles. The van der Waals surface area contributed by atoms with E-state index in [-0.39, 0.29) is 5.91 Å². The van der Waals surface area contributed by atoms with Crippen molar-refractivity contribution in [2.45, 2.75) is 39.8 Å². The number of hydrogen-bond donors (Lipinski definition) is 1. The molecule has 0 bridgehead atoms. The van der Waals surface area contributed by atoms with Gasteiger partial charge in [-0.05, 0) is 24.1 Å². The summed E-state index contributed by atoms with van der Waals surface area (Å²) in [6.07, 6.45) is 2.41. The Bertz CT molecular complexity index is 1560. The van der Waals surface area contributed by atoms with Gasteiger partial charge in [-0.25, -0.2) is 4.98 Å². The second kappa shape index (κ2) is 10.6. The lowest BCUT2D eigenvalue weighted by molar-refractivity contribution is 0.0616. The van der Waals surface area contributed by atoms with E-state index in [0.717, 1.165) is 56.8 Å². The summed E-state index contributed by atoms with van der Waals surface area (Å²) in [6.45, 7) is 4.34. The fourth-order valence-corrected chi connectivity index (χ4v) is 5.13. The Labute approximate surface area is 221 Å². The molecule has 192 valence electrons. The van der Waals surface area contributed by atoms with Crippen molar-refractivity contribution < 1.29 is 14.3 Å². The van der Waals surface area contributed by atoms with Crippen LogP contribution in [0.2, 0.25) is 0 Å². The largest absolute Gasteiger partial charge is 0.487 e. The van der Waals surface area contributed by atoms with E-state index in [9.17, 15) is 4.79 Å². The highest BCUT2D eigenvalue weighted by atomic mass is 16.5. The molecule has 7 nitrogen and oxygen atoms in total. The average molecular weight is 507 g/mol. The van der Waals surface area contributed by atoms with Gasteiger partial charge in [0.1, 0.15) is 19.1 Å². The number of nitrogens with one attached hydrogen (secondary N) is 1. The van der Waals surface area contributed by atoms with E-state index in [2.05, 4.69) is 26.7 Å². The number of para-hydroxylation sites is 1. The van der Waals surface area contributed by atoms with E-state index in [0.29, 0.717) is 33.0 Å². The maximum atomic E-state index is 13.9. The topological polar surface area (TPSA) is 72.4 Å². The van der Waals surface area contributed by atoms with E-state index in [4.69, 9.17) is 9.47 Å². The third-order valence-corrected chi connectivity index (χ3v) is 7.12. The highest BCUT2D eigenvalue weighted by molar-refractivity contribution is 6.10. The molecule has 38 heavy (non-hydrogen) atoms. The van der Waals surface area contributed by atoms with Gasteiger partial charge in [-0.1, -0.05) is 72.8 Å². The molecule has 0 saturated carbocycles. The molecule has 0 saturated heterocycles. The van der Waals surface area contributed by atoms with Crippen molar-refractivity contribution >= 4 is 16.8 Å². The molecule has 0 atom stereocenters. The lowest BCUT2D eigenvalue weighted by Crippen LogP contribution is -2.37. The lowest BCUT2D eigenvalue weighted by Gasteiger charge is -2.27. The van der Waals surface area contributed by atoms with Gasteiger partial charge in [0.25, 0.3) is 5.91 Å². The molecule has 0 radical (unpaired) electrons. The van der Waals surface area contributed by atoms with Crippen LogP contribution >= 0.6 is 0 Å². The highest BCUT2D eigenvalue weighted by Crippen LogP contribution is 2.37. The average Bonchev–Trinajstić information content (AvgIpc) is 3.51. The molecule has 7 heteroatoms. The molecule has 3 heterocycles. The Hall–Kier alpha value is -4.36. The summed E-state index contributed by atoms with van der Waals surface area (Å²) >= 11 is 0. The summed E-state index contributed by atoms with van der Waals surface area (Å²) in [7, 11) is 0. The van der Waals surface area contributed by atoms with Crippen LogP contribution in [0.5, 0.6) is 5.75 Å². The van der Waals surface area contributed by atoms with Crippen LogP contribution in [0.15, 0.2) is 85.2 Å². The number of H-pyrrole nitrogens is 1. The molecule has 0 aliphatic carbocycles. The number of aryl methyl sites for hydroxylation is 1. The molecule has 1 N–H and O–H groups in total. The zero-order valence-electron chi connectivity index (χ0n) is 21.4. The first kappa shape index (κ1) is 24.0. The summed E-state index contributed by atoms with van der Waals surface area (Å²) in [4.78, 5) is 23.3. The second-order valence-electron chi connectivity index (χ2n) is 9.59. The second-order valence-corrected chi connectivity index (χ2v) is 9.59. The Morgan fingerprint density at radius 3 is 2.37 bits per heavy atom. The van der Waals surface area contributed by atoms with Crippen LogP contribution in [0.25, 0.3) is 10.9 Å². The van der Waals surface area contributed by atoms with Crippen molar-refractivity contribution in [3.05, 3.63) is 119 Å². The van der Waals surface area contributed by atoms with E-state index in [1.165, 1.54) is 0 Å². The molecule has 5 aromatic rings. The van der Waals surface area contributed by atoms with Gasteiger partial charge < -0.3 is 23.9 Å². The van der Waals surface area contributed by atoms with Crippen molar-refractivity contribution in [1.82, 2.24) is 19.4 Å². The van der Waals surface area contributed by atoms with E-state index >= 15 is 0 Å². The zero-order valence-corrected chi connectivity index (χ0v) is 21.4. The smallest absolute Gasteiger partial charge is 0.256 e. The number of fused-ring (bicyclic) bond motifs is 3. The third-order valence-electron chi connectivity index (χ3n) is 7.12. The minimum absolute atomic E-state index is 0.0145. The number of rotatable bonds is 9. The van der Waals surface area contributed by atoms with Crippen LogP contribution in [-0.2, 0) is 37.6 Å². The van der Waals surface area contributed by atoms with Gasteiger partial charge in [-0.15, -0.1) is 0 Å². The lowest BCUT2D eigenvalue weighted by atomic mass is 10.0. The quantitative estimate of drug-likeness (QED) is 0.281. The van der Waals surface area contributed by atoms with Crippen LogP contribution in [0.3, 0.4) is 0 Å². The van der Waals surface area contributed by atoms with Crippen LogP contribution in [0.1, 0.15) is 38.6 Å². The molecule has 0 unspecified atom stereocenters. The summed E-state index contributed by atoms with van der Waals surface area (Å²) in [5.41, 5.74) is 6.68. The van der Waals surface area contributed by atoms with Gasteiger partial charge in [0.05, 0.1) is 36.3 Å². The van der Waals surface area contributed by atoms with Gasteiger partial charge in [-0.3, -0.25) is 4.79 Å².